The van der Waals surface area contributed by atoms with E-state index < -0.39 is 67.8 Å². The van der Waals surface area contributed by atoms with Gasteiger partial charge in [0.1, 0.15) is 29.8 Å². The van der Waals surface area contributed by atoms with Gasteiger partial charge in [0.15, 0.2) is 11.9 Å². The maximum Gasteiger partial charge on any atom is 0.459 e. The number of aromatic nitrogens is 2. The number of aromatic amines is 1. The van der Waals surface area contributed by atoms with Crippen LogP contribution >= 0.6 is 7.75 Å². The number of ether oxygens (including phenoxy) is 2. The summed E-state index contributed by atoms with van der Waals surface area (Å²) >= 11 is 0. The summed E-state index contributed by atoms with van der Waals surface area (Å²) in [5, 5.41) is 13.2. The first-order chi connectivity index (χ1) is 20.2. The lowest BCUT2D eigenvalue weighted by atomic mass is 9.98. The van der Waals surface area contributed by atoms with Crippen LogP contribution in [0.5, 0.6) is 5.75 Å². The number of carbonyl (C=O) groups excluding carboxylic acids is 1. The van der Waals surface area contributed by atoms with Gasteiger partial charge in [-0.1, -0.05) is 24.3 Å². The SMILES string of the molecule is CC(C)OC(=O)C(C)NP(=O)(OCC1OC(n2ccc(=O)[nH]c2=O)C(C)(F)C1O)Oc1ccc(-c2ccc(F)cc2)cc1. The number of carbonyl (C=O) groups is 1. The molecule has 3 aromatic rings. The lowest BCUT2D eigenvalue weighted by Crippen LogP contribution is -2.43. The number of nitrogens with zero attached hydrogens (tertiary/aromatic N) is 1. The first-order valence-electron chi connectivity index (χ1n) is 13.3. The number of esters is 1. The molecule has 0 saturated carbocycles. The molecule has 6 unspecified atom stereocenters. The monoisotopic (exact) mass is 623 g/mol. The van der Waals surface area contributed by atoms with Crippen molar-refractivity contribution >= 4 is 13.7 Å². The molecule has 0 amide bonds. The Bertz CT molecular complexity index is 1590. The van der Waals surface area contributed by atoms with Crippen molar-refractivity contribution in [2.24, 2.45) is 0 Å². The van der Waals surface area contributed by atoms with Gasteiger partial charge in [-0.15, -0.1) is 0 Å². The summed E-state index contributed by atoms with van der Waals surface area (Å²) in [4.78, 5) is 38.1. The Morgan fingerprint density at radius 3 is 2.30 bits per heavy atom. The first-order valence-corrected chi connectivity index (χ1v) is 14.8. The van der Waals surface area contributed by atoms with Crippen molar-refractivity contribution in [3.63, 3.8) is 0 Å². The number of aliphatic hydroxyl groups is 1. The Labute approximate surface area is 245 Å². The summed E-state index contributed by atoms with van der Waals surface area (Å²) < 4.78 is 65.5. The topological polar surface area (TPSA) is 158 Å². The average molecular weight is 624 g/mol. The highest BCUT2D eigenvalue weighted by Crippen LogP contribution is 2.47. The second-order valence-corrected chi connectivity index (χ2v) is 12.1. The van der Waals surface area contributed by atoms with Crippen molar-refractivity contribution in [1.82, 2.24) is 14.6 Å². The normalized spacial score (nSPS) is 24.0. The molecule has 0 spiro atoms. The third kappa shape index (κ3) is 7.64. The summed E-state index contributed by atoms with van der Waals surface area (Å²) in [5.41, 5.74) is -2.78. The van der Waals surface area contributed by atoms with Crippen LogP contribution in [0.4, 0.5) is 8.78 Å². The second kappa shape index (κ2) is 12.9. The Balaban J connectivity index is 1.55. The van der Waals surface area contributed by atoms with E-state index in [0.717, 1.165) is 23.8 Å². The van der Waals surface area contributed by atoms with Crippen molar-refractivity contribution in [3.05, 3.63) is 87.4 Å². The van der Waals surface area contributed by atoms with Gasteiger partial charge < -0.3 is 19.1 Å². The zero-order valence-corrected chi connectivity index (χ0v) is 24.6. The third-order valence-corrected chi connectivity index (χ3v) is 8.19. The van der Waals surface area contributed by atoms with E-state index in [1.165, 1.54) is 31.2 Å². The number of aliphatic hydroxyl groups excluding tert-OH is 1. The molecule has 1 saturated heterocycles. The van der Waals surface area contributed by atoms with Crippen molar-refractivity contribution in [2.45, 2.75) is 63.9 Å². The predicted molar refractivity (Wildman–Crippen MR) is 151 cm³/mol. The molecule has 43 heavy (non-hydrogen) atoms. The van der Waals surface area contributed by atoms with Gasteiger partial charge in [-0.25, -0.2) is 18.1 Å². The highest BCUT2D eigenvalue weighted by Gasteiger charge is 2.56. The van der Waals surface area contributed by atoms with Gasteiger partial charge in [0.05, 0.1) is 12.7 Å². The molecule has 1 aliphatic rings. The van der Waals surface area contributed by atoms with Gasteiger partial charge in [-0.05, 0) is 63.1 Å². The van der Waals surface area contributed by atoms with Crippen LogP contribution in [0.25, 0.3) is 11.1 Å². The minimum atomic E-state index is -4.45. The van der Waals surface area contributed by atoms with Crippen LogP contribution in [-0.2, 0) is 23.4 Å². The number of hydrogen-bond acceptors (Lipinski definition) is 9. The maximum atomic E-state index is 15.6. The van der Waals surface area contributed by atoms with E-state index in [9.17, 15) is 28.4 Å². The number of halogens is 2. The molecule has 1 aliphatic heterocycles. The van der Waals surface area contributed by atoms with Gasteiger partial charge >= 0.3 is 19.4 Å². The Morgan fingerprint density at radius 1 is 1.12 bits per heavy atom. The van der Waals surface area contributed by atoms with E-state index in [1.807, 2.05) is 4.98 Å². The molecule has 0 aliphatic carbocycles. The minimum Gasteiger partial charge on any atom is -0.462 e. The summed E-state index contributed by atoms with van der Waals surface area (Å²) in [6.07, 6.45) is -4.41. The largest absolute Gasteiger partial charge is 0.462 e. The van der Waals surface area contributed by atoms with Crippen LogP contribution in [0.2, 0.25) is 0 Å². The fourth-order valence-corrected chi connectivity index (χ4v) is 5.84. The van der Waals surface area contributed by atoms with Gasteiger partial charge in [0, 0.05) is 12.3 Å². The number of nitrogens with one attached hydrogen (secondary N) is 2. The molecule has 4 rings (SSSR count). The van der Waals surface area contributed by atoms with Crippen LogP contribution in [0.1, 0.15) is 33.9 Å². The fraction of sp³-hybridized carbons (Fsp3) is 0.393. The summed E-state index contributed by atoms with van der Waals surface area (Å²) in [6.45, 7) is 4.95. The molecule has 6 atom stereocenters. The van der Waals surface area contributed by atoms with E-state index in [0.29, 0.717) is 11.1 Å². The molecule has 1 fully saturated rings. The molecule has 3 N–H and O–H groups in total. The van der Waals surface area contributed by atoms with Gasteiger partial charge in [-0.3, -0.25) is 23.7 Å². The van der Waals surface area contributed by atoms with E-state index in [-0.39, 0.29) is 11.6 Å². The number of rotatable bonds is 11. The Morgan fingerprint density at radius 2 is 1.72 bits per heavy atom. The smallest absolute Gasteiger partial charge is 0.459 e. The van der Waals surface area contributed by atoms with Crippen LogP contribution in [0.15, 0.2) is 70.4 Å². The zero-order valence-electron chi connectivity index (χ0n) is 23.7. The van der Waals surface area contributed by atoms with E-state index in [4.69, 9.17) is 18.5 Å². The van der Waals surface area contributed by atoms with E-state index in [1.54, 1.807) is 38.1 Å². The third-order valence-electron chi connectivity index (χ3n) is 6.54. The Kier molecular flexibility index (Phi) is 9.67. The molecule has 12 nitrogen and oxygen atoms in total. The van der Waals surface area contributed by atoms with Crippen molar-refractivity contribution < 1.29 is 41.8 Å². The quantitative estimate of drug-likeness (QED) is 0.213. The molecule has 15 heteroatoms. The van der Waals surface area contributed by atoms with Crippen molar-refractivity contribution in [3.8, 4) is 16.9 Å². The molecule has 2 aromatic carbocycles. The number of hydrogen-bond donors (Lipinski definition) is 3. The molecule has 232 valence electrons. The van der Waals surface area contributed by atoms with Gasteiger partial charge in [0.25, 0.3) is 5.56 Å². The van der Waals surface area contributed by atoms with E-state index in [2.05, 4.69) is 5.09 Å². The van der Waals surface area contributed by atoms with Crippen LogP contribution in [-0.4, -0.2) is 57.3 Å². The zero-order chi connectivity index (χ0) is 31.5. The van der Waals surface area contributed by atoms with Crippen LogP contribution < -0.4 is 20.9 Å². The molecule has 0 radical (unpaired) electrons. The van der Waals surface area contributed by atoms with E-state index >= 15 is 4.39 Å². The summed E-state index contributed by atoms with van der Waals surface area (Å²) in [7, 11) is -4.45. The van der Waals surface area contributed by atoms with Crippen molar-refractivity contribution in [1.29, 1.82) is 0 Å². The molecule has 0 bridgehead atoms. The van der Waals surface area contributed by atoms with Crippen LogP contribution in [0.3, 0.4) is 0 Å². The molecular weight excluding hydrogens is 591 g/mol. The lowest BCUT2D eigenvalue weighted by Gasteiger charge is -2.25. The predicted octanol–water partition coefficient (Wildman–Crippen LogP) is 3.46. The van der Waals surface area contributed by atoms with Gasteiger partial charge in [-0.2, -0.15) is 5.09 Å². The lowest BCUT2D eigenvalue weighted by molar-refractivity contribution is -0.149. The van der Waals surface area contributed by atoms with Crippen LogP contribution in [0, 0.1) is 5.82 Å². The Hall–Kier alpha value is -3.68. The second-order valence-electron chi connectivity index (χ2n) is 10.4. The maximum absolute atomic E-state index is 15.6. The molecule has 2 heterocycles. The highest BCUT2D eigenvalue weighted by atomic mass is 31.2. The first kappa shape index (κ1) is 32.2. The molecule has 1 aromatic heterocycles. The standard InChI is InChI=1S/C28H32F2N3O9P/c1-16(2)40-25(36)17(3)32-43(38,42-21-11-7-19(8-12-21)18-5-9-20(29)10-6-18)39-15-22-24(35)28(4,30)26(41-22)33-14-13-23(34)31-27(33)37/h5-14,16-17,22,24,26,35H,15H2,1-4H3,(H,32,38)(H,31,34,37). The average Bonchev–Trinajstić information content (AvgIpc) is 3.16. The highest BCUT2D eigenvalue weighted by molar-refractivity contribution is 7.52. The number of alkyl halides is 1. The molecular formula is C28H32F2N3O9P. The number of H-pyrrole nitrogens is 1. The summed E-state index contributed by atoms with van der Waals surface area (Å²) in [6, 6.07) is 11.8. The van der Waals surface area contributed by atoms with Crippen molar-refractivity contribution in [2.75, 3.05) is 6.61 Å². The fourth-order valence-electron chi connectivity index (χ4n) is 4.34. The minimum absolute atomic E-state index is 0.0620. The number of benzene rings is 2. The summed E-state index contributed by atoms with van der Waals surface area (Å²) in [5.74, 6) is -1.08. The van der Waals surface area contributed by atoms with Gasteiger partial charge in [0.2, 0.25) is 0 Å².